The van der Waals surface area contributed by atoms with Crippen molar-refractivity contribution in [3.63, 3.8) is 0 Å². The Hall–Kier alpha value is -2.62. The van der Waals surface area contributed by atoms with Crippen LogP contribution in [0.2, 0.25) is 0 Å². The molecule has 26 heavy (non-hydrogen) atoms. The number of nitrogens with zero attached hydrogens (tertiary/aromatic N) is 4. The monoisotopic (exact) mass is 367 g/mol. The number of guanidine groups is 1. The predicted octanol–water partition coefficient (Wildman–Crippen LogP) is 1.43. The Kier molecular flexibility index (Phi) is 6.96. The van der Waals surface area contributed by atoms with E-state index in [-0.39, 0.29) is 31.2 Å². The number of nitrogens with one attached hydrogen (secondary N) is 1. The molecule has 2 heterocycles. The average Bonchev–Trinajstić information content (AvgIpc) is 3.07. The summed E-state index contributed by atoms with van der Waals surface area (Å²) < 4.78 is 10.5. The number of esters is 1. The number of carbonyl (C=O) groups excluding carboxylic acids is 1. The van der Waals surface area contributed by atoms with Crippen LogP contribution in [0, 0.1) is 16.0 Å². The van der Waals surface area contributed by atoms with Gasteiger partial charge in [-0.1, -0.05) is 13.8 Å². The Morgan fingerprint density at radius 3 is 2.88 bits per heavy atom. The second-order valence-corrected chi connectivity index (χ2v) is 6.40. The molecule has 1 aliphatic heterocycles. The van der Waals surface area contributed by atoms with Crippen LogP contribution in [-0.2, 0) is 16.1 Å². The Balaban J connectivity index is 2.19. The van der Waals surface area contributed by atoms with Crippen LogP contribution in [0.5, 0.6) is 0 Å². The van der Waals surface area contributed by atoms with Crippen molar-refractivity contribution >= 4 is 11.9 Å². The molecule has 1 N–H and O–H groups in total. The van der Waals surface area contributed by atoms with Crippen molar-refractivity contribution < 1.29 is 19.0 Å². The van der Waals surface area contributed by atoms with E-state index < -0.39 is 11.1 Å². The second kappa shape index (κ2) is 9.18. The molecule has 144 valence electrons. The third-order valence-corrected chi connectivity index (χ3v) is 3.89. The molecule has 0 saturated carbocycles. The summed E-state index contributed by atoms with van der Waals surface area (Å²) in [6.07, 6.45) is 2.16. The van der Waals surface area contributed by atoms with Crippen molar-refractivity contribution in [1.82, 2.24) is 15.1 Å². The van der Waals surface area contributed by atoms with Crippen LogP contribution < -0.4 is 5.32 Å². The third-order valence-electron chi connectivity index (χ3n) is 3.89. The molecule has 0 radical (unpaired) electrons. The number of carbonyl (C=O) groups is 1. The van der Waals surface area contributed by atoms with Gasteiger partial charge in [-0.15, -0.1) is 0 Å². The summed E-state index contributed by atoms with van der Waals surface area (Å²) in [5.74, 6) is 0.767. The summed E-state index contributed by atoms with van der Waals surface area (Å²) in [4.78, 5) is 26.8. The maximum atomic E-state index is 12.4. The molecule has 1 aliphatic rings. The van der Waals surface area contributed by atoms with Crippen LogP contribution >= 0.6 is 0 Å². The van der Waals surface area contributed by atoms with E-state index in [1.54, 1.807) is 24.0 Å². The van der Waals surface area contributed by atoms with E-state index in [4.69, 9.17) is 9.15 Å². The van der Waals surface area contributed by atoms with Crippen molar-refractivity contribution in [2.75, 3.05) is 19.9 Å². The molecule has 1 fully saturated rings. The molecule has 1 saturated heterocycles. The minimum absolute atomic E-state index is 0.134. The van der Waals surface area contributed by atoms with Crippen molar-refractivity contribution in [3.05, 3.63) is 34.3 Å². The normalized spacial score (nSPS) is 18.0. The zero-order valence-corrected chi connectivity index (χ0v) is 15.3. The van der Waals surface area contributed by atoms with Gasteiger partial charge < -0.3 is 19.4 Å². The fourth-order valence-electron chi connectivity index (χ4n) is 2.80. The standard InChI is InChI=1S/C16H25N5O5/c1-4-25-15(22)14(8-12(2)3)20-10-17-16(18-21(23)24)19(11-20)9-13-6-5-7-26-13/h5-7,12,14H,4,8-11H2,1-3H3,(H,17,18)/t14-/m0/s1. The van der Waals surface area contributed by atoms with E-state index >= 15 is 0 Å². The lowest BCUT2D eigenvalue weighted by Gasteiger charge is -2.40. The highest BCUT2D eigenvalue weighted by Gasteiger charge is 2.34. The van der Waals surface area contributed by atoms with Gasteiger partial charge in [0.05, 0.1) is 32.8 Å². The number of rotatable bonds is 8. The van der Waals surface area contributed by atoms with Crippen molar-refractivity contribution in [1.29, 1.82) is 0 Å². The molecule has 0 aromatic carbocycles. The van der Waals surface area contributed by atoms with Gasteiger partial charge >= 0.3 is 5.97 Å². The summed E-state index contributed by atoms with van der Waals surface area (Å²) in [5.41, 5.74) is 0. The summed E-state index contributed by atoms with van der Waals surface area (Å²) in [6.45, 7) is 6.98. The molecule has 0 bridgehead atoms. The smallest absolute Gasteiger partial charge is 0.323 e. The molecule has 0 spiro atoms. The third kappa shape index (κ3) is 5.45. The highest BCUT2D eigenvalue weighted by atomic mass is 16.7. The summed E-state index contributed by atoms with van der Waals surface area (Å²) >= 11 is 0. The van der Waals surface area contributed by atoms with Crippen LogP contribution in [0.25, 0.3) is 0 Å². The van der Waals surface area contributed by atoms with Gasteiger partial charge in [0, 0.05) is 0 Å². The van der Waals surface area contributed by atoms with Crippen LogP contribution in [0.1, 0.15) is 33.0 Å². The highest BCUT2D eigenvalue weighted by Crippen LogP contribution is 2.17. The Morgan fingerprint density at radius 2 is 2.31 bits per heavy atom. The first-order valence-corrected chi connectivity index (χ1v) is 8.55. The van der Waals surface area contributed by atoms with E-state index in [1.807, 2.05) is 18.7 Å². The minimum Gasteiger partial charge on any atom is -0.467 e. The number of nitro groups is 1. The first-order valence-electron chi connectivity index (χ1n) is 8.55. The van der Waals surface area contributed by atoms with E-state index in [9.17, 15) is 14.9 Å². The fraction of sp³-hybridized carbons (Fsp3) is 0.625. The number of hydrogen-bond donors (Lipinski definition) is 1. The van der Waals surface area contributed by atoms with Crippen molar-refractivity contribution in [2.45, 2.75) is 39.8 Å². The summed E-state index contributed by atoms with van der Waals surface area (Å²) in [6, 6.07) is 3.08. The van der Waals surface area contributed by atoms with Gasteiger partial charge in [0.25, 0.3) is 5.96 Å². The van der Waals surface area contributed by atoms with E-state index in [2.05, 4.69) is 10.4 Å². The SMILES string of the molecule is CCOC(=O)[C@H](CC(C)C)N1CN/C(=N\[N+](=O)[O-])N(Cc2ccco2)C1. The maximum absolute atomic E-state index is 12.4. The lowest BCUT2D eigenvalue weighted by Crippen LogP contribution is -2.61. The van der Waals surface area contributed by atoms with Crippen molar-refractivity contribution in [3.8, 4) is 0 Å². The molecule has 10 nitrogen and oxygen atoms in total. The first-order chi connectivity index (χ1) is 12.4. The van der Waals surface area contributed by atoms with E-state index in [1.165, 1.54) is 6.26 Å². The highest BCUT2D eigenvalue weighted by molar-refractivity contribution is 5.80. The second-order valence-electron chi connectivity index (χ2n) is 6.40. The average molecular weight is 367 g/mol. The zero-order valence-electron chi connectivity index (χ0n) is 15.3. The summed E-state index contributed by atoms with van der Waals surface area (Å²) in [7, 11) is 0. The van der Waals surface area contributed by atoms with Gasteiger partial charge in [-0.2, -0.15) is 0 Å². The number of furan rings is 1. The largest absolute Gasteiger partial charge is 0.467 e. The number of hydrogen-bond acceptors (Lipinski definition) is 6. The van der Waals surface area contributed by atoms with Crippen LogP contribution in [0.3, 0.4) is 0 Å². The lowest BCUT2D eigenvalue weighted by atomic mass is 10.0. The van der Waals surface area contributed by atoms with Crippen molar-refractivity contribution in [2.24, 2.45) is 11.0 Å². The van der Waals surface area contributed by atoms with Gasteiger partial charge in [0.15, 0.2) is 5.03 Å². The van der Waals surface area contributed by atoms with Crippen LogP contribution in [0.15, 0.2) is 27.9 Å². The Morgan fingerprint density at radius 1 is 1.54 bits per heavy atom. The zero-order chi connectivity index (χ0) is 19.1. The minimum atomic E-state index is -0.746. The molecule has 0 aliphatic carbocycles. The number of hydrazone groups is 1. The Bertz CT molecular complexity index is 631. The first kappa shape index (κ1) is 19.7. The van der Waals surface area contributed by atoms with Crippen LogP contribution in [-0.4, -0.2) is 52.7 Å². The summed E-state index contributed by atoms with van der Waals surface area (Å²) in [5, 5.41) is 16.4. The van der Waals surface area contributed by atoms with Gasteiger partial charge in [-0.3, -0.25) is 9.69 Å². The molecule has 1 aromatic heterocycles. The van der Waals surface area contributed by atoms with Gasteiger partial charge in [0.2, 0.25) is 0 Å². The van der Waals surface area contributed by atoms with Gasteiger partial charge in [-0.25, -0.2) is 10.1 Å². The molecular formula is C16H25N5O5. The topological polar surface area (TPSA) is 113 Å². The maximum Gasteiger partial charge on any atom is 0.323 e. The molecule has 0 amide bonds. The van der Waals surface area contributed by atoms with E-state index in [0.717, 1.165) is 0 Å². The molecule has 1 aromatic rings. The van der Waals surface area contributed by atoms with Crippen LogP contribution in [0.4, 0.5) is 0 Å². The Labute approximate surface area is 151 Å². The molecule has 1 atom stereocenters. The quantitative estimate of drug-likeness (QED) is 0.417. The van der Waals surface area contributed by atoms with Gasteiger partial charge in [-0.05, 0) is 31.4 Å². The van der Waals surface area contributed by atoms with E-state index in [0.29, 0.717) is 25.3 Å². The molecular weight excluding hydrogens is 342 g/mol. The lowest BCUT2D eigenvalue weighted by molar-refractivity contribution is -0.486. The van der Waals surface area contributed by atoms with Gasteiger partial charge in [0.1, 0.15) is 16.9 Å². The molecule has 10 heteroatoms. The molecule has 2 rings (SSSR count). The fourth-order valence-corrected chi connectivity index (χ4v) is 2.80. The molecule has 0 unspecified atom stereocenters. The number of ether oxygens (including phenoxy) is 1. The predicted molar refractivity (Wildman–Crippen MR) is 93.3 cm³/mol.